The SMILES string of the molecule is CCCCC(CC)(CO)COP(=O)(O)Oc1c(C(C)(C)C)cc(C(C)(C)C)cc1C(C)(C)C. The number of phosphoric ester groups is 1. The van der Waals surface area contributed by atoms with Crippen LogP contribution in [0.2, 0.25) is 0 Å². The van der Waals surface area contributed by atoms with Crippen molar-refractivity contribution in [3.63, 3.8) is 0 Å². The van der Waals surface area contributed by atoms with Crippen LogP contribution in [0.3, 0.4) is 0 Å². The molecule has 1 aromatic rings. The van der Waals surface area contributed by atoms with Gasteiger partial charge in [-0.2, -0.15) is 0 Å². The lowest BCUT2D eigenvalue weighted by atomic mass is 9.75. The van der Waals surface area contributed by atoms with E-state index in [1.165, 1.54) is 0 Å². The van der Waals surface area contributed by atoms with Crippen LogP contribution in [0, 0.1) is 5.41 Å². The van der Waals surface area contributed by atoms with Crippen LogP contribution in [0.4, 0.5) is 0 Å². The van der Waals surface area contributed by atoms with Gasteiger partial charge in [0.05, 0.1) is 13.2 Å². The molecular weight excluding hydrogens is 435 g/mol. The molecule has 0 fully saturated rings. The van der Waals surface area contributed by atoms with Gasteiger partial charge in [-0.1, -0.05) is 101 Å². The molecule has 0 saturated heterocycles. The van der Waals surface area contributed by atoms with Gasteiger partial charge >= 0.3 is 7.82 Å². The van der Waals surface area contributed by atoms with Crippen LogP contribution in [0.1, 0.15) is 119 Å². The van der Waals surface area contributed by atoms with E-state index >= 15 is 0 Å². The lowest BCUT2D eigenvalue weighted by Gasteiger charge is -2.34. The minimum absolute atomic E-state index is 0.0243. The summed E-state index contributed by atoms with van der Waals surface area (Å²) in [6.45, 7) is 22.9. The number of benzene rings is 1. The van der Waals surface area contributed by atoms with E-state index in [2.05, 4.69) is 81.4 Å². The second kappa shape index (κ2) is 10.8. The van der Waals surface area contributed by atoms with Crippen LogP contribution in [-0.4, -0.2) is 23.2 Å². The van der Waals surface area contributed by atoms with Crippen molar-refractivity contribution < 1.29 is 23.6 Å². The topological polar surface area (TPSA) is 76.0 Å². The molecule has 5 nitrogen and oxygen atoms in total. The highest BCUT2D eigenvalue weighted by molar-refractivity contribution is 7.47. The Labute approximate surface area is 202 Å². The highest BCUT2D eigenvalue weighted by Gasteiger charge is 2.37. The van der Waals surface area contributed by atoms with Gasteiger partial charge in [0.2, 0.25) is 0 Å². The summed E-state index contributed by atoms with van der Waals surface area (Å²) < 4.78 is 24.6. The first kappa shape index (κ1) is 30.2. The van der Waals surface area contributed by atoms with Crippen molar-refractivity contribution >= 4 is 7.82 Å². The Kier molecular flexibility index (Phi) is 9.88. The van der Waals surface area contributed by atoms with E-state index in [-0.39, 0.29) is 29.5 Å². The first-order valence-corrected chi connectivity index (χ1v) is 13.8. The zero-order valence-electron chi connectivity index (χ0n) is 23.0. The number of aliphatic hydroxyl groups is 1. The summed E-state index contributed by atoms with van der Waals surface area (Å²) in [4.78, 5) is 10.8. The molecule has 33 heavy (non-hydrogen) atoms. The molecule has 2 N–H and O–H groups in total. The summed E-state index contributed by atoms with van der Waals surface area (Å²) in [7, 11) is -4.43. The Morgan fingerprint density at radius 3 is 1.70 bits per heavy atom. The first-order chi connectivity index (χ1) is 14.8. The van der Waals surface area contributed by atoms with Gasteiger partial charge < -0.3 is 9.63 Å². The van der Waals surface area contributed by atoms with E-state index in [1.54, 1.807) is 0 Å². The molecule has 0 aliphatic rings. The molecule has 1 rings (SSSR count). The Balaban J connectivity index is 3.50. The Morgan fingerprint density at radius 2 is 1.36 bits per heavy atom. The van der Waals surface area contributed by atoms with Crippen molar-refractivity contribution in [3.8, 4) is 5.75 Å². The minimum atomic E-state index is -4.43. The van der Waals surface area contributed by atoms with Crippen molar-refractivity contribution in [3.05, 3.63) is 28.8 Å². The number of hydrogen-bond acceptors (Lipinski definition) is 4. The molecule has 0 aliphatic carbocycles. The summed E-state index contributed by atoms with van der Waals surface area (Å²) in [5, 5.41) is 10.0. The molecule has 0 bridgehead atoms. The van der Waals surface area contributed by atoms with Gasteiger partial charge in [0, 0.05) is 16.5 Å². The molecule has 192 valence electrons. The monoisotopic (exact) mass is 484 g/mol. The fraction of sp³-hybridized carbons (Fsp3) is 0.778. The van der Waals surface area contributed by atoms with Gasteiger partial charge in [0.1, 0.15) is 5.75 Å². The molecule has 2 atom stereocenters. The third kappa shape index (κ3) is 8.38. The van der Waals surface area contributed by atoms with E-state index in [0.29, 0.717) is 12.2 Å². The Hall–Kier alpha value is -0.870. The van der Waals surface area contributed by atoms with Crippen LogP contribution in [0.25, 0.3) is 0 Å². The molecule has 0 radical (unpaired) electrons. The van der Waals surface area contributed by atoms with Crippen LogP contribution in [0.5, 0.6) is 5.75 Å². The second-order valence-corrected chi connectivity index (χ2v) is 14.0. The third-order valence-electron chi connectivity index (χ3n) is 6.46. The smallest absolute Gasteiger partial charge is 0.404 e. The van der Waals surface area contributed by atoms with Crippen LogP contribution in [0.15, 0.2) is 12.1 Å². The normalized spacial score (nSPS) is 16.9. The number of phosphoric acid groups is 1. The van der Waals surface area contributed by atoms with Gasteiger partial charge in [-0.25, -0.2) is 4.57 Å². The molecule has 0 saturated carbocycles. The molecular formula is C27H49O5P. The Morgan fingerprint density at radius 1 is 0.879 bits per heavy atom. The number of aliphatic hydroxyl groups excluding tert-OH is 1. The molecule has 0 aliphatic heterocycles. The Bertz CT molecular complexity index is 785. The zero-order valence-corrected chi connectivity index (χ0v) is 23.9. The molecule has 0 amide bonds. The van der Waals surface area contributed by atoms with Crippen molar-refractivity contribution in [2.24, 2.45) is 5.41 Å². The first-order valence-electron chi connectivity index (χ1n) is 12.3. The molecule has 0 aromatic heterocycles. The molecule has 2 unspecified atom stereocenters. The van der Waals surface area contributed by atoms with Gasteiger partial charge in [-0.15, -0.1) is 0 Å². The molecule has 1 aromatic carbocycles. The maximum atomic E-state index is 13.2. The highest BCUT2D eigenvalue weighted by Crippen LogP contribution is 2.52. The van der Waals surface area contributed by atoms with E-state index in [1.807, 2.05) is 6.92 Å². The molecule has 0 heterocycles. The van der Waals surface area contributed by atoms with Crippen LogP contribution in [-0.2, 0) is 25.3 Å². The van der Waals surface area contributed by atoms with E-state index in [4.69, 9.17) is 9.05 Å². The molecule has 0 spiro atoms. The summed E-state index contributed by atoms with van der Waals surface area (Å²) in [5.41, 5.74) is 1.67. The standard InChI is InChI=1S/C27H49O5P/c1-12-14-15-27(13-2,18-28)19-31-33(29,30)32-23-21(25(6,7)8)16-20(24(3,4)5)17-22(23)26(9,10)11/h16-17,28H,12-15,18-19H2,1-11H3,(H,29,30). The van der Waals surface area contributed by atoms with Crippen molar-refractivity contribution in [2.45, 2.75) is 118 Å². The lowest BCUT2D eigenvalue weighted by molar-refractivity contribution is 0.0398. The lowest BCUT2D eigenvalue weighted by Crippen LogP contribution is -2.30. The minimum Gasteiger partial charge on any atom is -0.404 e. The van der Waals surface area contributed by atoms with E-state index in [9.17, 15) is 14.6 Å². The third-order valence-corrected chi connectivity index (χ3v) is 7.33. The summed E-state index contributed by atoms with van der Waals surface area (Å²) in [6, 6.07) is 4.19. The van der Waals surface area contributed by atoms with Crippen molar-refractivity contribution in [1.29, 1.82) is 0 Å². The average Bonchev–Trinajstić information content (AvgIpc) is 2.66. The predicted octanol–water partition coefficient (Wildman–Crippen LogP) is 7.65. The van der Waals surface area contributed by atoms with Crippen molar-refractivity contribution in [1.82, 2.24) is 0 Å². The number of rotatable bonds is 10. The summed E-state index contributed by atoms with van der Waals surface area (Å²) >= 11 is 0. The summed E-state index contributed by atoms with van der Waals surface area (Å²) in [6.07, 6.45) is 3.30. The van der Waals surface area contributed by atoms with Gasteiger partial charge in [0.15, 0.2) is 0 Å². The average molecular weight is 485 g/mol. The van der Waals surface area contributed by atoms with Gasteiger partial charge in [-0.3, -0.25) is 9.42 Å². The zero-order chi connectivity index (χ0) is 25.9. The quantitative estimate of drug-likeness (QED) is 0.334. The van der Waals surface area contributed by atoms with Crippen molar-refractivity contribution in [2.75, 3.05) is 13.2 Å². The largest absolute Gasteiger partial charge is 0.527 e. The van der Waals surface area contributed by atoms with Gasteiger partial charge in [0.25, 0.3) is 0 Å². The summed E-state index contributed by atoms with van der Waals surface area (Å²) in [5.74, 6) is 0.425. The fourth-order valence-electron chi connectivity index (χ4n) is 3.77. The number of hydrogen-bond donors (Lipinski definition) is 2. The van der Waals surface area contributed by atoms with E-state index in [0.717, 1.165) is 36.0 Å². The second-order valence-electron chi connectivity index (χ2n) is 12.6. The van der Waals surface area contributed by atoms with Crippen LogP contribution >= 0.6 is 7.82 Å². The van der Waals surface area contributed by atoms with E-state index < -0.39 is 13.2 Å². The van der Waals surface area contributed by atoms with Gasteiger partial charge in [-0.05, 0) is 34.7 Å². The molecule has 6 heteroatoms. The predicted molar refractivity (Wildman–Crippen MR) is 138 cm³/mol. The highest BCUT2D eigenvalue weighted by atomic mass is 31.2. The van der Waals surface area contributed by atoms with Crippen LogP contribution < -0.4 is 4.52 Å². The maximum absolute atomic E-state index is 13.2. The maximum Gasteiger partial charge on any atom is 0.527 e. The fourth-order valence-corrected chi connectivity index (χ4v) is 4.69. The number of unbranched alkanes of at least 4 members (excludes halogenated alkanes) is 1.